The maximum atomic E-state index is 13.2. The van der Waals surface area contributed by atoms with Crippen molar-refractivity contribution in [2.75, 3.05) is 19.7 Å². The van der Waals surface area contributed by atoms with Crippen LogP contribution in [0.5, 0.6) is 0 Å². The molecule has 2 aromatic rings. The van der Waals surface area contributed by atoms with Crippen molar-refractivity contribution in [3.8, 4) is 5.69 Å². The first-order valence-electron chi connectivity index (χ1n) is 10.6. The number of nitrogens with zero attached hydrogens (tertiary/aromatic N) is 4. The molecule has 1 aromatic heterocycles. The summed E-state index contributed by atoms with van der Waals surface area (Å²) in [4.78, 5) is 52.8. The van der Waals surface area contributed by atoms with E-state index in [4.69, 9.17) is 4.74 Å². The number of likely N-dealkylation sites (tertiary alicyclic amines) is 1. The van der Waals surface area contributed by atoms with Crippen molar-refractivity contribution in [1.82, 2.24) is 19.2 Å². The molecule has 0 aliphatic carbocycles. The monoisotopic (exact) mass is 428 g/mol. The molecule has 9 heteroatoms. The lowest BCUT2D eigenvalue weighted by molar-refractivity contribution is -0.149. The fraction of sp³-hybridized carbons (Fsp3) is 0.500. The summed E-state index contributed by atoms with van der Waals surface area (Å²) in [5, 5.41) is 4.17. The Labute approximate surface area is 180 Å². The largest absolute Gasteiger partial charge is 0.466 e. The number of hydrogen-bond acceptors (Lipinski definition) is 6. The Morgan fingerprint density at radius 2 is 2.00 bits per heavy atom. The molecule has 31 heavy (non-hydrogen) atoms. The minimum atomic E-state index is -0.709. The molecule has 1 aliphatic heterocycles. The van der Waals surface area contributed by atoms with Gasteiger partial charge in [-0.05, 0) is 50.8 Å². The molecule has 0 bridgehead atoms. The summed E-state index contributed by atoms with van der Waals surface area (Å²) in [5.74, 6) is -1.36. The highest BCUT2D eigenvalue weighted by Gasteiger charge is 2.32. The van der Waals surface area contributed by atoms with E-state index in [9.17, 15) is 19.2 Å². The second-order valence-corrected chi connectivity index (χ2v) is 7.68. The molecule has 1 atom stereocenters. The fourth-order valence-corrected chi connectivity index (χ4v) is 3.76. The molecular weight excluding hydrogens is 400 g/mol. The molecule has 0 unspecified atom stereocenters. The molecule has 1 aliphatic rings. The van der Waals surface area contributed by atoms with Crippen LogP contribution in [0.4, 0.5) is 0 Å². The predicted octanol–water partition coefficient (Wildman–Crippen LogP) is 1.53. The van der Waals surface area contributed by atoms with Gasteiger partial charge >= 0.3 is 11.7 Å². The highest BCUT2D eigenvalue weighted by molar-refractivity contribution is 5.92. The van der Waals surface area contributed by atoms with E-state index < -0.39 is 23.1 Å². The number of carbonyl (C=O) groups excluding carboxylic acids is 2. The summed E-state index contributed by atoms with van der Waals surface area (Å²) < 4.78 is 7.24. The Morgan fingerprint density at radius 3 is 2.68 bits per heavy atom. The highest BCUT2D eigenvalue weighted by atomic mass is 16.5. The van der Waals surface area contributed by atoms with Gasteiger partial charge in [0.1, 0.15) is 0 Å². The topological polar surface area (TPSA) is 104 Å². The third-order valence-corrected chi connectivity index (χ3v) is 5.28. The Kier molecular flexibility index (Phi) is 7.04. The molecular formula is C22H28N4O5. The minimum absolute atomic E-state index is 0.163. The molecule has 3 rings (SSSR count). The van der Waals surface area contributed by atoms with Crippen LogP contribution in [-0.4, -0.2) is 50.8 Å². The highest BCUT2D eigenvalue weighted by Crippen LogP contribution is 2.19. The fourth-order valence-electron chi connectivity index (χ4n) is 3.76. The van der Waals surface area contributed by atoms with Crippen LogP contribution < -0.4 is 11.2 Å². The summed E-state index contributed by atoms with van der Waals surface area (Å²) in [6.45, 7) is 6.48. The first-order chi connectivity index (χ1) is 14.9. The van der Waals surface area contributed by atoms with Crippen LogP contribution in [0.2, 0.25) is 0 Å². The van der Waals surface area contributed by atoms with Crippen LogP contribution >= 0.6 is 0 Å². The zero-order valence-corrected chi connectivity index (χ0v) is 18.2. The van der Waals surface area contributed by atoms with Crippen molar-refractivity contribution in [2.24, 2.45) is 5.92 Å². The van der Waals surface area contributed by atoms with Gasteiger partial charge in [0, 0.05) is 19.6 Å². The molecule has 0 saturated carbocycles. The van der Waals surface area contributed by atoms with Crippen LogP contribution in [0.1, 0.15) is 49.2 Å². The number of rotatable bonds is 6. The lowest BCUT2D eigenvalue weighted by Crippen LogP contribution is -2.49. The third kappa shape index (κ3) is 4.76. The number of aromatic nitrogens is 3. The average molecular weight is 428 g/mol. The smallest absolute Gasteiger partial charge is 0.352 e. The minimum Gasteiger partial charge on any atom is -0.466 e. The molecule has 1 saturated heterocycles. The average Bonchev–Trinajstić information content (AvgIpc) is 2.76. The van der Waals surface area contributed by atoms with Crippen molar-refractivity contribution >= 4 is 11.9 Å². The van der Waals surface area contributed by atoms with Gasteiger partial charge in [-0.2, -0.15) is 9.78 Å². The number of esters is 1. The van der Waals surface area contributed by atoms with E-state index in [-0.39, 0.29) is 31.4 Å². The van der Waals surface area contributed by atoms with Gasteiger partial charge in [-0.25, -0.2) is 4.79 Å². The van der Waals surface area contributed by atoms with Crippen molar-refractivity contribution in [1.29, 1.82) is 0 Å². The van der Waals surface area contributed by atoms with Crippen molar-refractivity contribution in [3.63, 3.8) is 0 Å². The van der Waals surface area contributed by atoms with E-state index in [0.717, 1.165) is 14.8 Å². The molecule has 166 valence electrons. The third-order valence-electron chi connectivity index (χ3n) is 5.28. The van der Waals surface area contributed by atoms with Gasteiger partial charge in [-0.15, -0.1) is 0 Å². The molecule has 0 N–H and O–H groups in total. The van der Waals surface area contributed by atoms with Gasteiger partial charge < -0.3 is 9.64 Å². The zero-order valence-electron chi connectivity index (χ0n) is 18.2. The van der Waals surface area contributed by atoms with Gasteiger partial charge in [-0.3, -0.25) is 19.0 Å². The van der Waals surface area contributed by atoms with Crippen LogP contribution in [0, 0.1) is 12.8 Å². The van der Waals surface area contributed by atoms with E-state index in [1.54, 1.807) is 25.1 Å². The molecule has 0 spiro atoms. The second kappa shape index (κ2) is 9.72. The van der Waals surface area contributed by atoms with Crippen molar-refractivity contribution in [3.05, 3.63) is 56.4 Å². The molecule has 0 radical (unpaired) electrons. The normalized spacial score (nSPS) is 16.2. The number of carbonyl (C=O) groups is 2. The molecule has 1 aromatic carbocycles. The number of hydrogen-bond donors (Lipinski definition) is 0. The van der Waals surface area contributed by atoms with Crippen LogP contribution in [0.25, 0.3) is 5.69 Å². The second-order valence-electron chi connectivity index (χ2n) is 7.68. The molecule has 1 amide bonds. The van der Waals surface area contributed by atoms with E-state index in [1.165, 1.54) is 4.90 Å². The lowest BCUT2D eigenvalue weighted by atomic mass is 9.98. The first-order valence-corrected chi connectivity index (χ1v) is 10.6. The summed E-state index contributed by atoms with van der Waals surface area (Å²) in [5.41, 5.74) is -0.220. The van der Waals surface area contributed by atoms with Gasteiger partial charge in [0.15, 0.2) is 0 Å². The first kappa shape index (κ1) is 22.5. The number of ether oxygens (including phenoxy) is 1. The van der Waals surface area contributed by atoms with E-state index in [0.29, 0.717) is 31.5 Å². The van der Waals surface area contributed by atoms with Gasteiger partial charge in [0.25, 0.3) is 11.5 Å². The van der Waals surface area contributed by atoms with Gasteiger partial charge in [0.2, 0.25) is 5.69 Å². The number of benzene rings is 1. The Bertz CT molecular complexity index is 1090. The van der Waals surface area contributed by atoms with Gasteiger partial charge in [-0.1, -0.05) is 19.1 Å². The number of aryl methyl sites for hydroxylation is 1. The van der Waals surface area contributed by atoms with Crippen LogP contribution in [0.3, 0.4) is 0 Å². The Hall–Kier alpha value is -3.23. The molecule has 1 fully saturated rings. The summed E-state index contributed by atoms with van der Waals surface area (Å²) >= 11 is 0. The molecule has 9 nitrogen and oxygen atoms in total. The standard InChI is InChI=1S/C22H28N4O5/c1-4-11-25-20(28)18(23-26(22(25)30)17-10-6-8-15(3)13-17)19(27)24-12-7-9-16(14-24)21(29)31-5-2/h6,8,10,13,16H,4-5,7,9,11-12,14H2,1-3H3/t16-/m0/s1. The van der Waals surface area contributed by atoms with Crippen molar-refractivity contribution in [2.45, 2.75) is 46.6 Å². The van der Waals surface area contributed by atoms with Crippen LogP contribution in [0.15, 0.2) is 33.9 Å². The Balaban J connectivity index is 2.03. The summed E-state index contributed by atoms with van der Waals surface area (Å²) in [6.07, 6.45) is 1.80. The quantitative estimate of drug-likeness (QED) is 0.647. The van der Waals surface area contributed by atoms with E-state index >= 15 is 0 Å². The summed E-state index contributed by atoms with van der Waals surface area (Å²) in [7, 11) is 0. The van der Waals surface area contributed by atoms with Crippen molar-refractivity contribution < 1.29 is 14.3 Å². The van der Waals surface area contributed by atoms with Gasteiger partial charge in [0.05, 0.1) is 18.2 Å². The zero-order chi connectivity index (χ0) is 22.5. The van der Waals surface area contributed by atoms with Crippen LogP contribution in [-0.2, 0) is 16.1 Å². The van der Waals surface area contributed by atoms with E-state index in [2.05, 4.69) is 5.10 Å². The summed E-state index contributed by atoms with van der Waals surface area (Å²) in [6, 6.07) is 7.13. The lowest BCUT2D eigenvalue weighted by Gasteiger charge is -2.31. The predicted molar refractivity (Wildman–Crippen MR) is 114 cm³/mol. The maximum Gasteiger partial charge on any atom is 0.352 e. The van der Waals surface area contributed by atoms with E-state index in [1.807, 2.05) is 19.9 Å². The SMILES string of the molecule is CCCn1c(=O)c(C(=O)N2CCC[C@H](C(=O)OCC)C2)nn(-c2cccc(C)c2)c1=O. The maximum absolute atomic E-state index is 13.2. The molecule has 2 heterocycles. The number of piperidine rings is 1. The number of amides is 1. The Morgan fingerprint density at radius 1 is 1.23 bits per heavy atom.